The maximum Gasteiger partial charge on any atom is 0.322 e. The van der Waals surface area contributed by atoms with Gasteiger partial charge < -0.3 is 10.2 Å². The Bertz CT molecular complexity index is 854. The molecule has 1 unspecified atom stereocenters. The number of nitrogens with zero attached hydrogens (tertiary/aromatic N) is 3. The Morgan fingerprint density at radius 1 is 1.19 bits per heavy atom. The summed E-state index contributed by atoms with van der Waals surface area (Å²) >= 11 is 0. The number of rotatable bonds is 4. The van der Waals surface area contributed by atoms with Gasteiger partial charge in [-0.25, -0.2) is 23.2 Å². The lowest BCUT2D eigenvalue weighted by Gasteiger charge is -2.35. The minimum absolute atomic E-state index is 0.0101. The highest BCUT2D eigenvalue weighted by Gasteiger charge is 2.29. The van der Waals surface area contributed by atoms with Crippen molar-refractivity contribution < 1.29 is 13.2 Å². The third-order valence-corrected chi connectivity index (χ3v) is 5.31. The molecule has 1 atom stereocenters. The Morgan fingerprint density at radius 3 is 2.54 bits per heavy atom. The van der Waals surface area contributed by atoms with Crippen molar-refractivity contribution in [2.75, 3.05) is 23.9 Å². The molecule has 1 aliphatic rings. The van der Waals surface area contributed by atoms with Crippen molar-refractivity contribution in [2.45, 2.75) is 25.3 Å². The molecule has 0 bridgehead atoms. The second-order valence-corrected chi connectivity index (χ2v) is 8.71. The fourth-order valence-corrected chi connectivity index (χ4v) is 4.16. The standard InChI is InChI=1S/C18H22N4O3S/c1-26(24,25)13-16-9-5-6-10-22(16)18(23)21-15-11-19-17(20-12-15)14-7-3-2-4-8-14/h2-4,7-8,11-12,16H,5-6,9-10,13H2,1H3,(H,21,23). The topological polar surface area (TPSA) is 92.3 Å². The number of amides is 2. The van der Waals surface area contributed by atoms with Gasteiger partial charge in [0.15, 0.2) is 5.82 Å². The van der Waals surface area contributed by atoms with Gasteiger partial charge in [-0.2, -0.15) is 0 Å². The van der Waals surface area contributed by atoms with Gasteiger partial charge in [0.2, 0.25) is 0 Å². The van der Waals surface area contributed by atoms with Crippen LogP contribution < -0.4 is 5.32 Å². The van der Waals surface area contributed by atoms with Crippen LogP contribution in [0.5, 0.6) is 0 Å². The Hall–Kier alpha value is -2.48. The summed E-state index contributed by atoms with van der Waals surface area (Å²) in [6.07, 6.45) is 6.82. The zero-order valence-corrected chi connectivity index (χ0v) is 15.4. The first-order chi connectivity index (χ1) is 12.4. The predicted molar refractivity (Wildman–Crippen MR) is 101 cm³/mol. The van der Waals surface area contributed by atoms with Crippen LogP contribution in [0, 0.1) is 0 Å². The zero-order chi connectivity index (χ0) is 18.6. The third-order valence-electron chi connectivity index (χ3n) is 4.32. The van der Waals surface area contributed by atoms with Gasteiger partial charge in [0.25, 0.3) is 0 Å². The Kier molecular flexibility index (Phi) is 5.51. The van der Waals surface area contributed by atoms with E-state index in [-0.39, 0.29) is 17.8 Å². The lowest BCUT2D eigenvalue weighted by Crippen LogP contribution is -2.48. The SMILES string of the molecule is CS(=O)(=O)CC1CCCCN1C(=O)Nc1cnc(-c2ccccc2)nc1. The molecule has 1 fully saturated rings. The van der Waals surface area contributed by atoms with Crippen LogP contribution in [0.2, 0.25) is 0 Å². The number of hydrogen-bond acceptors (Lipinski definition) is 5. The molecule has 1 saturated heterocycles. The highest BCUT2D eigenvalue weighted by molar-refractivity contribution is 7.90. The van der Waals surface area contributed by atoms with E-state index >= 15 is 0 Å². The molecule has 1 aliphatic heterocycles. The van der Waals surface area contributed by atoms with Crippen LogP contribution in [0.3, 0.4) is 0 Å². The van der Waals surface area contributed by atoms with Crippen molar-refractivity contribution in [2.24, 2.45) is 0 Å². The minimum Gasteiger partial charge on any atom is -0.321 e. The summed E-state index contributed by atoms with van der Waals surface area (Å²) in [6, 6.07) is 8.97. The second-order valence-electron chi connectivity index (χ2n) is 6.53. The van der Waals surface area contributed by atoms with E-state index in [0.29, 0.717) is 24.5 Å². The summed E-state index contributed by atoms with van der Waals surface area (Å²) in [4.78, 5) is 22.8. The fraction of sp³-hybridized carbons (Fsp3) is 0.389. The third kappa shape index (κ3) is 4.78. The van der Waals surface area contributed by atoms with E-state index < -0.39 is 9.84 Å². The number of carbonyl (C=O) groups excluding carboxylic acids is 1. The van der Waals surface area contributed by atoms with Gasteiger partial charge in [0, 0.05) is 24.4 Å². The number of aromatic nitrogens is 2. The molecular weight excluding hydrogens is 352 g/mol. The van der Waals surface area contributed by atoms with E-state index in [1.165, 1.54) is 6.26 Å². The van der Waals surface area contributed by atoms with Crippen molar-refractivity contribution >= 4 is 21.6 Å². The van der Waals surface area contributed by atoms with Gasteiger partial charge in [-0.05, 0) is 19.3 Å². The molecule has 7 nitrogen and oxygen atoms in total. The van der Waals surface area contributed by atoms with Crippen LogP contribution in [0.1, 0.15) is 19.3 Å². The summed E-state index contributed by atoms with van der Waals surface area (Å²) < 4.78 is 23.2. The van der Waals surface area contributed by atoms with E-state index in [0.717, 1.165) is 18.4 Å². The quantitative estimate of drug-likeness (QED) is 0.888. The van der Waals surface area contributed by atoms with Gasteiger partial charge in [-0.1, -0.05) is 30.3 Å². The number of anilines is 1. The molecule has 1 aromatic heterocycles. The van der Waals surface area contributed by atoms with Crippen LogP contribution in [0.4, 0.5) is 10.5 Å². The van der Waals surface area contributed by atoms with Crippen LogP contribution >= 0.6 is 0 Å². The molecule has 1 N–H and O–H groups in total. The smallest absolute Gasteiger partial charge is 0.321 e. The van der Waals surface area contributed by atoms with Gasteiger partial charge in [-0.3, -0.25) is 0 Å². The summed E-state index contributed by atoms with van der Waals surface area (Å²) in [5.74, 6) is 0.570. The zero-order valence-electron chi connectivity index (χ0n) is 14.6. The largest absolute Gasteiger partial charge is 0.322 e. The molecule has 2 aromatic rings. The summed E-state index contributed by atoms with van der Waals surface area (Å²) in [5, 5.41) is 2.77. The van der Waals surface area contributed by atoms with E-state index in [1.54, 1.807) is 17.3 Å². The van der Waals surface area contributed by atoms with Crippen molar-refractivity contribution in [3.63, 3.8) is 0 Å². The number of nitrogens with one attached hydrogen (secondary N) is 1. The molecule has 8 heteroatoms. The average molecular weight is 374 g/mol. The van der Waals surface area contributed by atoms with Gasteiger partial charge >= 0.3 is 6.03 Å². The molecule has 0 radical (unpaired) electrons. The van der Waals surface area contributed by atoms with Crippen molar-refractivity contribution in [1.29, 1.82) is 0 Å². The summed E-state index contributed by atoms with van der Waals surface area (Å²) in [5.41, 5.74) is 1.38. The molecular formula is C18H22N4O3S. The minimum atomic E-state index is -3.15. The van der Waals surface area contributed by atoms with Crippen LogP contribution in [-0.4, -0.2) is 53.9 Å². The molecule has 0 saturated carbocycles. The van der Waals surface area contributed by atoms with E-state index in [2.05, 4.69) is 15.3 Å². The first kappa shape index (κ1) is 18.3. The first-order valence-corrected chi connectivity index (χ1v) is 10.6. The van der Waals surface area contributed by atoms with Crippen LogP contribution in [0.15, 0.2) is 42.7 Å². The molecule has 1 aromatic carbocycles. The van der Waals surface area contributed by atoms with E-state index in [4.69, 9.17) is 0 Å². The first-order valence-electron chi connectivity index (χ1n) is 8.55. The maximum atomic E-state index is 12.6. The summed E-state index contributed by atoms with van der Waals surface area (Å²) in [7, 11) is -3.15. The Labute approximate surface area is 153 Å². The number of piperidine rings is 1. The Balaban J connectivity index is 1.68. The number of hydrogen-bond donors (Lipinski definition) is 1. The molecule has 2 amide bonds. The van der Waals surface area contributed by atoms with Crippen LogP contribution in [0.25, 0.3) is 11.4 Å². The fourth-order valence-electron chi connectivity index (χ4n) is 3.11. The molecule has 26 heavy (non-hydrogen) atoms. The van der Waals surface area contributed by atoms with Gasteiger partial charge in [-0.15, -0.1) is 0 Å². The van der Waals surface area contributed by atoms with E-state index in [9.17, 15) is 13.2 Å². The predicted octanol–water partition coefficient (Wildman–Crippen LogP) is 2.57. The lowest BCUT2D eigenvalue weighted by atomic mass is 10.0. The van der Waals surface area contributed by atoms with Crippen molar-refractivity contribution in [3.05, 3.63) is 42.7 Å². The molecule has 138 valence electrons. The van der Waals surface area contributed by atoms with E-state index in [1.807, 2.05) is 30.3 Å². The second kappa shape index (κ2) is 7.82. The average Bonchev–Trinajstić information content (AvgIpc) is 2.62. The number of urea groups is 1. The van der Waals surface area contributed by atoms with Gasteiger partial charge in [0.1, 0.15) is 9.84 Å². The summed E-state index contributed by atoms with van der Waals surface area (Å²) in [6.45, 7) is 0.551. The normalized spacial score (nSPS) is 17.7. The Morgan fingerprint density at radius 2 is 1.88 bits per heavy atom. The number of benzene rings is 1. The van der Waals surface area contributed by atoms with Crippen molar-refractivity contribution in [1.82, 2.24) is 14.9 Å². The van der Waals surface area contributed by atoms with Crippen LogP contribution in [-0.2, 0) is 9.84 Å². The molecule has 0 aliphatic carbocycles. The number of carbonyl (C=O) groups is 1. The van der Waals surface area contributed by atoms with Gasteiger partial charge in [0.05, 0.1) is 23.8 Å². The molecule has 0 spiro atoms. The maximum absolute atomic E-state index is 12.6. The molecule has 3 rings (SSSR count). The molecule has 2 heterocycles. The highest BCUT2D eigenvalue weighted by Crippen LogP contribution is 2.20. The number of likely N-dealkylation sites (tertiary alicyclic amines) is 1. The monoisotopic (exact) mass is 374 g/mol. The number of sulfone groups is 1. The highest BCUT2D eigenvalue weighted by atomic mass is 32.2. The van der Waals surface area contributed by atoms with Crippen molar-refractivity contribution in [3.8, 4) is 11.4 Å². The lowest BCUT2D eigenvalue weighted by molar-refractivity contribution is 0.171.